The number of nitrogens with zero attached hydrogens (tertiary/aromatic N) is 2. The fourth-order valence-corrected chi connectivity index (χ4v) is 1.61. The lowest BCUT2D eigenvalue weighted by Gasteiger charge is -2.09. The van der Waals surface area contributed by atoms with E-state index in [1.165, 1.54) is 13.4 Å². The number of rotatable bonds is 3. The molecule has 0 radical (unpaired) electrons. The normalized spacial score (nSPS) is 10.1. The highest BCUT2D eigenvalue weighted by atomic mass is 35.5. The van der Waals surface area contributed by atoms with Gasteiger partial charge in [-0.2, -0.15) is 4.98 Å². The van der Waals surface area contributed by atoms with Crippen LogP contribution in [0.25, 0.3) is 0 Å². The highest BCUT2D eigenvalue weighted by molar-refractivity contribution is 6.31. The Bertz CT molecular complexity index is 535. The van der Waals surface area contributed by atoms with E-state index in [0.29, 0.717) is 10.8 Å². The molecule has 88 valence electrons. The maximum atomic E-state index is 5.85. The van der Waals surface area contributed by atoms with E-state index in [1.807, 2.05) is 0 Å². The Balaban J connectivity index is 2.33. The number of aromatic nitrogens is 2. The van der Waals surface area contributed by atoms with Crippen LogP contribution < -0.4 is 9.47 Å². The first-order chi connectivity index (χ1) is 8.20. The Kier molecular flexibility index (Phi) is 3.66. The van der Waals surface area contributed by atoms with Crippen molar-refractivity contribution in [3.05, 3.63) is 40.8 Å². The second-order valence-electron chi connectivity index (χ2n) is 3.06. The summed E-state index contributed by atoms with van der Waals surface area (Å²) in [4.78, 5) is 7.74. The zero-order valence-corrected chi connectivity index (χ0v) is 10.4. The molecule has 0 saturated carbocycles. The van der Waals surface area contributed by atoms with Gasteiger partial charge in [-0.25, -0.2) is 4.98 Å². The zero-order valence-electron chi connectivity index (χ0n) is 8.85. The first-order valence-electron chi connectivity index (χ1n) is 4.68. The third kappa shape index (κ3) is 2.78. The molecule has 0 aliphatic rings. The highest BCUT2D eigenvalue weighted by Gasteiger charge is 2.12. The largest absolute Gasteiger partial charge is 0.489 e. The van der Waals surface area contributed by atoms with Crippen molar-refractivity contribution < 1.29 is 9.47 Å². The average Bonchev–Trinajstić information content (AvgIpc) is 2.29. The quantitative estimate of drug-likeness (QED) is 0.800. The summed E-state index contributed by atoms with van der Waals surface area (Å²) >= 11 is 11.7. The standard InChI is InChI=1S/C11H8Cl2N2O2/c1-16-9-10(13)14-6-15-11(9)17-8-4-2-3-7(12)5-8/h2-6H,1H3. The van der Waals surface area contributed by atoms with E-state index in [2.05, 4.69) is 9.97 Å². The summed E-state index contributed by atoms with van der Waals surface area (Å²) in [6, 6.07) is 6.93. The van der Waals surface area contributed by atoms with Crippen LogP contribution in [-0.2, 0) is 0 Å². The van der Waals surface area contributed by atoms with E-state index in [0.717, 1.165) is 0 Å². The predicted molar refractivity (Wildman–Crippen MR) is 65.1 cm³/mol. The van der Waals surface area contributed by atoms with Gasteiger partial charge in [-0.3, -0.25) is 0 Å². The molecule has 1 aromatic heterocycles. The number of hydrogen-bond acceptors (Lipinski definition) is 4. The molecule has 0 aliphatic carbocycles. The minimum Gasteiger partial charge on any atom is -0.489 e. The van der Waals surface area contributed by atoms with E-state index >= 15 is 0 Å². The molecule has 4 nitrogen and oxygen atoms in total. The summed E-state index contributed by atoms with van der Waals surface area (Å²) in [6.07, 6.45) is 1.30. The Labute approximate surface area is 108 Å². The van der Waals surface area contributed by atoms with Crippen molar-refractivity contribution >= 4 is 23.2 Å². The van der Waals surface area contributed by atoms with E-state index in [4.69, 9.17) is 32.7 Å². The van der Waals surface area contributed by atoms with Crippen molar-refractivity contribution in [1.82, 2.24) is 9.97 Å². The maximum absolute atomic E-state index is 5.85. The maximum Gasteiger partial charge on any atom is 0.267 e. The van der Waals surface area contributed by atoms with Crippen molar-refractivity contribution in [2.24, 2.45) is 0 Å². The third-order valence-corrected chi connectivity index (χ3v) is 2.45. The topological polar surface area (TPSA) is 44.2 Å². The Hall–Kier alpha value is -1.52. The number of ether oxygens (including phenoxy) is 2. The summed E-state index contributed by atoms with van der Waals surface area (Å²) < 4.78 is 10.6. The summed E-state index contributed by atoms with van der Waals surface area (Å²) in [5.41, 5.74) is 0. The van der Waals surface area contributed by atoms with Crippen LogP contribution in [0.5, 0.6) is 17.4 Å². The monoisotopic (exact) mass is 270 g/mol. The first-order valence-corrected chi connectivity index (χ1v) is 5.44. The van der Waals surface area contributed by atoms with E-state index in [-0.39, 0.29) is 16.8 Å². The molecule has 0 aliphatic heterocycles. The molecule has 0 amide bonds. The average molecular weight is 271 g/mol. The Morgan fingerprint density at radius 3 is 2.71 bits per heavy atom. The summed E-state index contributed by atoms with van der Waals surface area (Å²) in [5.74, 6) is 1.08. The molecule has 0 unspecified atom stereocenters. The minimum absolute atomic E-state index is 0.194. The molecular weight excluding hydrogens is 263 g/mol. The molecule has 0 N–H and O–H groups in total. The summed E-state index contributed by atoms with van der Waals surface area (Å²) in [7, 11) is 1.47. The van der Waals surface area contributed by atoms with Gasteiger partial charge in [0.05, 0.1) is 7.11 Å². The number of hydrogen-bond donors (Lipinski definition) is 0. The van der Waals surface area contributed by atoms with Crippen molar-refractivity contribution in [2.75, 3.05) is 7.11 Å². The van der Waals surface area contributed by atoms with E-state index in [9.17, 15) is 0 Å². The molecule has 1 heterocycles. The zero-order chi connectivity index (χ0) is 12.3. The fourth-order valence-electron chi connectivity index (χ4n) is 1.22. The lowest BCUT2D eigenvalue weighted by molar-refractivity contribution is 0.367. The van der Waals surface area contributed by atoms with Gasteiger partial charge in [0.2, 0.25) is 5.75 Å². The second-order valence-corrected chi connectivity index (χ2v) is 3.86. The molecule has 2 aromatic rings. The molecular formula is C11H8Cl2N2O2. The predicted octanol–water partition coefficient (Wildman–Crippen LogP) is 3.58. The number of methoxy groups -OCH3 is 1. The van der Waals surface area contributed by atoms with E-state index < -0.39 is 0 Å². The first kappa shape index (κ1) is 12.0. The lowest BCUT2D eigenvalue weighted by Crippen LogP contribution is -1.95. The second kappa shape index (κ2) is 5.21. The molecule has 0 bridgehead atoms. The van der Waals surface area contributed by atoms with Gasteiger partial charge in [-0.1, -0.05) is 29.3 Å². The van der Waals surface area contributed by atoms with Crippen molar-refractivity contribution in [3.63, 3.8) is 0 Å². The van der Waals surface area contributed by atoms with Gasteiger partial charge in [0.15, 0.2) is 5.15 Å². The van der Waals surface area contributed by atoms with Gasteiger partial charge in [-0.15, -0.1) is 0 Å². The van der Waals surface area contributed by atoms with Gasteiger partial charge >= 0.3 is 0 Å². The lowest BCUT2D eigenvalue weighted by atomic mass is 10.3. The third-order valence-electron chi connectivity index (χ3n) is 1.94. The van der Waals surface area contributed by atoms with Gasteiger partial charge in [0, 0.05) is 5.02 Å². The van der Waals surface area contributed by atoms with Gasteiger partial charge < -0.3 is 9.47 Å². The molecule has 1 aromatic carbocycles. The molecule has 0 spiro atoms. The fraction of sp³-hybridized carbons (Fsp3) is 0.0909. The summed E-state index contributed by atoms with van der Waals surface area (Å²) in [6.45, 7) is 0. The smallest absolute Gasteiger partial charge is 0.267 e. The Morgan fingerprint density at radius 2 is 2.00 bits per heavy atom. The Morgan fingerprint density at radius 1 is 1.18 bits per heavy atom. The van der Waals surface area contributed by atoms with Crippen LogP contribution in [0.1, 0.15) is 0 Å². The van der Waals surface area contributed by atoms with Crippen molar-refractivity contribution in [1.29, 1.82) is 0 Å². The number of halogens is 2. The van der Waals surface area contributed by atoms with Crippen LogP contribution in [0.15, 0.2) is 30.6 Å². The van der Waals surface area contributed by atoms with Gasteiger partial charge in [-0.05, 0) is 18.2 Å². The molecule has 0 atom stereocenters. The number of benzene rings is 1. The summed E-state index contributed by atoms with van der Waals surface area (Å²) in [5, 5.41) is 0.765. The van der Waals surface area contributed by atoms with Gasteiger partial charge in [0.25, 0.3) is 5.88 Å². The van der Waals surface area contributed by atoms with E-state index in [1.54, 1.807) is 24.3 Å². The molecule has 0 fully saturated rings. The molecule has 0 saturated heterocycles. The molecule has 6 heteroatoms. The highest BCUT2D eigenvalue weighted by Crippen LogP contribution is 2.34. The van der Waals surface area contributed by atoms with Crippen LogP contribution in [0, 0.1) is 0 Å². The van der Waals surface area contributed by atoms with Crippen molar-refractivity contribution in [3.8, 4) is 17.4 Å². The minimum atomic E-state index is 0.194. The van der Waals surface area contributed by atoms with Crippen LogP contribution in [0.2, 0.25) is 10.2 Å². The van der Waals surface area contributed by atoms with Gasteiger partial charge in [0.1, 0.15) is 12.1 Å². The van der Waals surface area contributed by atoms with Crippen LogP contribution in [0.3, 0.4) is 0 Å². The van der Waals surface area contributed by atoms with Crippen LogP contribution in [-0.4, -0.2) is 17.1 Å². The van der Waals surface area contributed by atoms with Crippen molar-refractivity contribution in [2.45, 2.75) is 0 Å². The molecule has 2 rings (SSSR count). The van der Waals surface area contributed by atoms with Crippen LogP contribution in [0.4, 0.5) is 0 Å². The molecule has 17 heavy (non-hydrogen) atoms. The SMILES string of the molecule is COc1c(Cl)ncnc1Oc1cccc(Cl)c1. The van der Waals surface area contributed by atoms with Crippen LogP contribution >= 0.6 is 23.2 Å².